The third-order valence-corrected chi connectivity index (χ3v) is 3.15. The van der Waals surface area contributed by atoms with Crippen molar-refractivity contribution in [3.63, 3.8) is 0 Å². The van der Waals surface area contributed by atoms with Crippen LogP contribution in [0.4, 0.5) is 26.3 Å². The predicted octanol–water partition coefficient (Wildman–Crippen LogP) is 5.06. The van der Waals surface area contributed by atoms with Gasteiger partial charge in [-0.1, -0.05) is 18.2 Å². The maximum atomic E-state index is 13.1. The van der Waals surface area contributed by atoms with Crippen LogP contribution >= 0.6 is 0 Å². The first-order chi connectivity index (χ1) is 11.5. The van der Waals surface area contributed by atoms with Crippen LogP contribution in [0.5, 0.6) is 5.75 Å². The molecule has 0 aliphatic carbocycles. The van der Waals surface area contributed by atoms with Crippen molar-refractivity contribution in [1.82, 2.24) is 0 Å². The number of rotatable bonds is 3. The van der Waals surface area contributed by atoms with Gasteiger partial charge in [0.2, 0.25) is 0 Å². The largest absolute Gasteiger partial charge is 0.573 e. The molecule has 25 heavy (non-hydrogen) atoms. The second-order valence-electron chi connectivity index (χ2n) is 4.82. The zero-order chi connectivity index (χ0) is 18.8. The van der Waals surface area contributed by atoms with Crippen LogP contribution in [0.1, 0.15) is 15.9 Å². The highest BCUT2D eigenvalue weighted by Crippen LogP contribution is 2.36. The molecule has 9 heteroatoms. The lowest BCUT2D eigenvalue weighted by Gasteiger charge is -2.14. The van der Waals surface area contributed by atoms with Gasteiger partial charge in [-0.05, 0) is 35.4 Å². The number of esters is 1. The van der Waals surface area contributed by atoms with Gasteiger partial charge in [-0.2, -0.15) is 13.2 Å². The lowest BCUT2D eigenvalue weighted by Crippen LogP contribution is -2.17. The van der Waals surface area contributed by atoms with Crippen LogP contribution in [-0.4, -0.2) is 19.4 Å². The van der Waals surface area contributed by atoms with Crippen LogP contribution in [0.3, 0.4) is 0 Å². The van der Waals surface area contributed by atoms with Crippen molar-refractivity contribution in [2.75, 3.05) is 7.11 Å². The first-order valence-corrected chi connectivity index (χ1v) is 6.67. The summed E-state index contributed by atoms with van der Waals surface area (Å²) in [6, 6.07) is 7.22. The van der Waals surface area contributed by atoms with Gasteiger partial charge in [-0.3, -0.25) is 0 Å². The number of carbonyl (C=O) groups excluding carboxylic acids is 1. The summed E-state index contributed by atoms with van der Waals surface area (Å²) in [7, 11) is 0.954. The van der Waals surface area contributed by atoms with Gasteiger partial charge in [0, 0.05) is 0 Å². The fourth-order valence-corrected chi connectivity index (χ4v) is 2.10. The number of benzene rings is 2. The summed E-state index contributed by atoms with van der Waals surface area (Å²) in [5, 5.41) is 0. The van der Waals surface area contributed by atoms with E-state index < -0.39 is 35.4 Å². The molecule has 134 valence electrons. The van der Waals surface area contributed by atoms with Crippen LogP contribution in [0.2, 0.25) is 0 Å². The highest BCUT2D eigenvalue weighted by atomic mass is 19.4. The molecule has 2 rings (SSSR count). The van der Waals surface area contributed by atoms with E-state index in [9.17, 15) is 31.1 Å². The molecule has 0 fully saturated rings. The van der Waals surface area contributed by atoms with E-state index in [0.29, 0.717) is 0 Å². The molecule has 2 aromatic carbocycles. The topological polar surface area (TPSA) is 35.5 Å². The second kappa shape index (κ2) is 6.66. The summed E-state index contributed by atoms with van der Waals surface area (Å²) >= 11 is 0. The van der Waals surface area contributed by atoms with Gasteiger partial charge in [0.25, 0.3) is 0 Å². The number of halogens is 6. The highest BCUT2D eigenvalue weighted by Gasteiger charge is 2.36. The van der Waals surface area contributed by atoms with Crippen molar-refractivity contribution in [3.8, 4) is 16.9 Å². The van der Waals surface area contributed by atoms with Gasteiger partial charge in [0.15, 0.2) is 0 Å². The number of carbonyl (C=O) groups is 1. The molecule has 0 spiro atoms. The summed E-state index contributed by atoms with van der Waals surface area (Å²) < 4.78 is 83.8. The summed E-state index contributed by atoms with van der Waals surface area (Å²) in [6.07, 6.45) is -9.67. The second-order valence-corrected chi connectivity index (χ2v) is 4.82. The van der Waals surface area contributed by atoms with Crippen LogP contribution < -0.4 is 4.74 Å². The maximum Gasteiger partial charge on any atom is 0.573 e. The maximum absolute atomic E-state index is 13.1. The first-order valence-electron chi connectivity index (χ1n) is 6.67. The average molecular weight is 364 g/mol. The van der Waals surface area contributed by atoms with Gasteiger partial charge < -0.3 is 9.47 Å². The summed E-state index contributed by atoms with van der Waals surface area (Å²) in [6.45, 7) is 0. The third kappa shape index (κ3) is 4.65. The molecule has 0 bridgehead atoms. The van der Waals surface area contributed by atoms with E-state index in [1.165, 1.54) is 18.2 Å². The van der Waals surface area contributed by atoms with Gasteiger partial charge >= 0.3 is 18.5 Å². The molecule has 0 saturated heterocycles. The number of hydrogen-bond donors (Lipinski definition) is 0. The Balaban J connectivity index is 2.41. The number of methoxy groups -OCH3 is 1. The summed E-state index contributed by atoms with van der Waals surface area (Å²) in [5.41, 5.74) is -1.57. The fourth-order valence-electron chi connectivity index (χ4n) is 2.10. The fraction of sp³-hybridized carbons (Fsp3) is 0.188. The van der Waals surface area contributed by atoms with Crippen molar-refractivity contribution >= 4 is 5.97 Å². The van der Waals surface area contributed by atoms with Crippen LogP contribution in [0, 0.1) is 0 Å². The van der Waals surface area contributed by atoms with Crippen molar-refractivity contribution in [3.05, 3.63) is 53.6 Å². The molecular formula is C16H10F6O3. The first kappa shape index (κ1) is 18.6. The zero-order valence-electron chi connectivity index (χ0n) is 12.5. The van der Waals surface area contributed by atoms with E-state index in [1.807, 2.05) is 0 Å². The quantitative estimate of drug-likeness (QED) is 0.564. The molecule has 0 aromatic heterocycles. The molecule has 0 radical (unpaired) electrons. The SMILES string of the molecule is COC(=O)c1ccc(-c2ccc(OC(F)(F)F)cc2)cc1C(F)(F)F. The summed E-state index contributed by atoms with van der Waals surface area (Å²) in [5.74, 6) is -1.65. The van der Waals surface area contributed by atoms with Crippen LogP contribution in [-0.2, 0) is 10.9 Å². The predicted molar refractivity (Wildman–Crippen MR) is 74.9 cm³/mol. The molecule has 3 nitrogen and oxygen atoms in total. The third-order valence-electron chi connectivity index (χ3n) is 3.15. The standard InChI is InChI=1S/C16H10F6O3/c1-24-14(23)12-7-4-10(8-13(12)15(17,18)19)9-2-5-11(6-3-9)25-16(20,21)22/h2-8H,1H3. The van der Waals surface area contributed by atoms with E-state index >= 15 is 0 Å². The average Bonchev–Trinajstić information content (AvgIpc) is 2.52. The van der Waals surface area contributed by atoms with E-state index in [4.69, 9.17) is 0 Å². The van der Waals surface area contributed by atoms with Crippen molar-refractivity contribution in [2.45, 2.75) is 12.5 Å². The van der Waals surface area contributed by atoms with Gasteiger partial charge in [0.1, 0.15) is 5.75 Å². The molecule has 0 aliphatic rings. The monoisotopic (exact) mass is 364 g/mol. The molecule has 0 N–H and O–H groups in total. The molecule has 0 aliphatic heterocycles. The molecule has 0 amide bonds. The number of hydrogen-bond acceptors (Lipinski definition) is 3. The Bertz CT molecular complexity index is 763. The molecule has 0 unspecified atom stereocenters. The summed E-state index contributed by atoms with van der Waals surface area (Å²) in [4.78, 5) is 11.5. The Morgan fingerprint density at radius 3 is 1.92 bits per heavy atom. The lowest BCUT2D eigenvalue weighted by molar-refractivity contribution is -0.274. The number of ether oxygens (including phenoxy) is 2. The Morgan fingerprint density at radius 2 is 1.44 bits per heavy atom. The Kier molecular flexibility index (Phi) is 4.96. The molecule has 0 heterocycles. The Labute approximate surface area is 137 Å². The molecule has 0 saturated carbocycles. The Hall–Kier alpha value is -2.71. The molecular weight excluding hydrogens is 354 g/mol. The number of alkyl halides is 6. The molecule has 2 aromatic rings. The van der Waals surface area contributed by atoms with Gasteiger partial charge in [-0.15, -0.1) is 13.2 Å². The smallest absolute Gasteiger partial charge is 0.465 e. The van der Waals surface area contributed by atoms with E-state index in [1.54, 1.807) is 0 Å². The Morgan fingerprint density at radius 1 is 0.880 bits per heavy atom. The normalized spacial score (nSPS) is 12.0. The van der Waals surface area contributed by atoms with E-state index in [-0.39, 0.29) is 11.1 Å². The minimum Gasteiger partial charge on any atom is -0.465 e. The van der Waals surface area contributed by atoms with Crippen molar-refractivity contribution < 1.29 is 40.6 Å². The lowest BCUT2D eigenvalue weighted by atomic mass is 9.98. The van der Waals surface area contributed by atoms with Gasteiger partial charge in [-0.25, -0.2) is 4.79 Å². The van der Waals surface area contributed by atoms with Gasteiger partial charge in [0.05, 0.1) is 18.2 Å². The zero-order valence-corrected chi connectivity index (χ0v) is 12.5. The minimum absolute atomic E-state index is 0.0681. The van der Waals surface area contributed by atoms with Crippen LogP contribution in [0.25, 0.3) is 11.1 Å². The highest BCUT2D eigenvalue weighted by molar-refractivity contribution is 5.92. The molecule has 0 atom stereocenters. The van der Waals surface area contributed by atoms with E-state index in [2.05, 4.69) is 9.47 Å². The minimum atomic E-state index is -4.87. The van der Waals surface area contributed by atoms with Crippen molar-refractivity contribution in [2.24, 2.45) is 0 Å². The van der Waals surface area contributed by atoms with Crippen LogP contribution in [0.15, 0.2) is 42.5 Å². The van der Waals surface area contributed by atoms with Crippen molar-refractivity contribution in [1.29, 1.82) is 0 Å². The van der Waals surface area contributed by atoms with E-state index in [0.717, 1.165) is 31.4 Å².